The molecule has 0 rings (SSSR count). The fourth-order valence-corrected chi connectivity index (χ4v) is 0. The maximum atomic E-state index is 8.58. The van der Waals surface area contributed by atoms with Gasteiger partial charge in [0, 0.05) is 17.1 Å². The largest absolute Gasteiger partial charge is 0.235 e. The Morgan fingerprint density at radius 1 is 1.00 bits per heavy atom. The van der Waals surface area contributed by atoms with Gasteiger partial charge in [-0.1, -0.05) is 0 Å². The summed E-state index contributed by atoms with van der Waals surface area (Å²) in [5.41, 5.74) is 0. The Hall–Kier alpha value is -1.08. The molecule has 0 aliphatic rings. The molecular weight excluding hydrogens is 184 g/mol. The molecule has 0 aromatic carbocycles. The molecule has 8 nitrogen and oxygen atoms in total. The molecule has 0 unspecified atom stereocenters. The Bertz CT molecular complexity index is 70.6. The summed E-state index contributed by atoms with van der Waals surface area (Å²) in [7, 11) is 0. The van der Waals surface area contributed by atoms with E-state index in [2.05, 4.69) is 11.7 Å². The molecule has 0 atom stereocenters. The average Bonchev–Trinajstić information content (AvgIpc) is 1.25. The maximum Gasteiger partial charge on any atom is 0.154 e. The van der Waals surface area contributed by atoms with Crippen LogP contribution in [-0.2, 0) is 17.1 Å². The molecule has 0 aromatic rings. The van der Waals surface area contributed by atoms with Crippen LogP contribution >= 0.6 is 0 Å². The van der Waals surface area contributed by atoms with Gasteiger partial charge in [0.25, 0.3) is 0 Å². The zero-order valence-corrected chi connectivity index (χ0v) is 4.93. The van der Waals surface area contributed by atoms with Gasteiger partial charge >= 0.3 is 0 Å². The van der Waals surface area contributed by atoms with Gasteiger partial charge in [-0.05, 0) is 0 Å². The molecule has 59 valence electrons. The molecule has 0 bridgehead atoms. The molecule has 9 heavy (non-hydrogen) atoms. The summed E-state index contributed by atoms with van der Waals surface area (Å²) in [5, 5.41) is 15.2. The van der Waals surface area contributed by atoms with E-state index in [0.29, 0.717) is 0 Å². The standard InChI is InChI=1S/Cu.2H2N2O2/c;2*1-2(3)4/h;2*1H2. The van der Waals surface area contributed by atoms with Crippen molar-refractivity contribution >= 4 is 0 Å². The van der Waals surface area contributed by atoms with Crippen molar-refractivity contribution in [3.63, 3.8) is 0 Å². The molecule has 4 N–H and O–H groups in total. The molecule has 0 fully saturated rings. The van der Waals surface area contributed by atoms with Crippen molar-refractivity contribution in [1.29, 1.82) is 0 Å². The Morgan fingerprint density at radius 3 is 1.00 bits per heavy atom. The van der Waals surface area contributed by atoms with E-state index in [9.17, 15) is 0 Å². The summed E-state index contributed by atoms with van der Waals surface area (Å²) in [6, 6.07) is 0. The van der Waals surface area contributed by atoms with Crippen LogP contribution in [0, 0.1) is 20.2 Å². The Labute approximate surface area is 59.9 Å². The van der Waals surface area contributed by atoms with Gasteiger partial charge in [-0.15, -0.1) is 0 Å². The smallest absolute Gasteiger partial charge is 0.154 e. The van der Waals surface area contributed by atoms with Gasteiger partial charge in [0.1, 0.15) is 0 Å². The Kier molecular flexibility index (Phi) is 17.4. The summed E-state index contributed by atoms with van der Waals surface area (Å²) in [6.45, 7) is 0. The molecule has 9 heteroatoms. The monoisotopic (exact) mass is 187 g/mol. The topological polar surface area (TPSA) is 138 Å². The normalized spacial score (nSPS) is 5.33. The van der Waals surface area contributed by atoms with Crippen molar-refractivity contribution in [2.45, 2.75) is 0 Å². The van der Waals surface area contributed by atoms with Crippen LogP contribution in [0.5, 0.6) is 0 Å². The van der Waals surface area contributed by atoms with Gasteiger partial charge in [0.2, 0.25) is 0 Å². The number of nitro groups is 2. The summed E-state index contributed by atoms with van der Waals surface area (Å²) < 4.78 is 0. The van der Waals surface area contributed by atoms with E-state index in [-0.39, 0.29) is 17.1 Å². The Balaban J connectivity index is -0.0000000720. The molecule has 0 heterocycles. The summed E-state index contributed by atoms with van der Waals surface area (Å²) in [4.78, 5) is 17.2. The van der Waals surface area contributed by atoms with Crippen LogP contribution in [0.4, 0.5) is 0 Å². The van der Waals surface area contributed by atoms with Crippen LogP contribution in [0.15, 0.2) is 0 Å². The third-order valence-corrected chi connectivity index (χ3v) is 0. The first-order valence-corrected chi connectivity index (χ1v) is 1.25. The fraction of sp³-hybridized carbons (Fsp3) is 0. The van der Waals surface area contributed by atoms with Gasteiger partial charge in [0.15, 0.2) is 10.1 Å². The van der Waals surface area contributed by atoms with Crippen molar-refractivity contribution in [3.8, 4) is 0 Å². The van der Waals surface area contributed by atoms with Gasteiger partial charge in [-0.2, -0.15) is 11.7 Å². The van der Waals surface area contributed by atoms with E-state index >= 15 is 0 Å². The Morgan fingerprint density at radius 2 is 1.00 bits per heavy atom. The van der Waals surface area contributed by atoms with E-state index in [0.717, 1.165) is 0 Å². The van der Waals surface area contributed by atoms with Gasteiger partial charge in [-0.25, -0.2) is 20.2 Å². The molecular formula is H4CuN4O4. The number of hydrogen-bond acceptors (Lipinski definition) is 4. The quantitative estimate of drug-likeness (QED) is 0.200. The number of hydrazine groups is 2. The van der Waals surface area contributed by atoms with Crippen molar-refractivity contribution in [2.75, 3.05) is 0 Å². The molecule has 0 aliphatic carbocycles. The van der Waals surface area contributed by atoms with E-state index in [4.69, 9.17) is 20.2 Å². The molecule has 0 amide bonds. The average molecular weight is 188 g/mol. The van der Waals surface area contributed by atoms with E-state index in [1.807, 2.05) is 0 Å². The fourth-order valence-electron chi connectivity index (χ4n) is 0. The van der Waals surface area contributed by atoms with Gasteiger partial charge < -0.3 is 0 Å². The van der Waals surface area contributed by atoms with Crippen LogP contribution in [0.25, 0.3) is 0 Å². The zero-order chi connectivity index (χ0) is 7.15. The zero-order valence-electron chi connectivity index (χ0n) is 3.98. The minimum Gasteiger partial charge on any atom is -0.235 e. The van der Waals surface area contributed by atoms with Crippen molar-refractivity contribution in [1.82, 2.24) is 0 Å². The minimum atomic E-state index is -1.00. The molecule has 0 spiro atoms. The van der Waals surface area contributed by atoms with E-state index in [1.165, 1.54) is 0 Å². The third-order valence-electron chi connectivity index (χ3n) is 0. The van der Waals surface area contributed by atoms with Crippen LogP contribution in [-0.4, -0.2) is 10.1 Å². The van der Waals surface area contributed by atoms with Crippen molar-refractivity contribution in [2.24, 2.45) is 11.7 Å². The summed E-state index contributed by atoms with van der Waals surface area (Å²) >= 11 is 0. The number of nitrogens with two attached hydrogens (primary N) is 2. The van der Waals surface area contributed by atoms with Crippen LogP contribution in [0.3, 0.4) is 0 Å². The maximum absolute atomic E-state index is 8.58. The number of rotatable bonds is 0. The second-order valence-electron chi connectivity index (χ2n) is 0.571. The van der Waals surface area contributed by atoms with Crippen LogP contribution in [0.1, 0.15) is 0 Å². The minimum absolute atomic E-state index is 0. The molecule has 0 saturated carbocycles. The molecule has 0 aromatic heterocycles. The second kappa shape index (κ2) is 10.0. The third kappa shape index (κ3) is 143. The first-order chi connectivity index (χ1) is 3.46. The predicted molar refractivity (Wildman–Crippen MR) is 22.4 cm³/mol. The van der Waals surface area contributed by atoms with E-state index in [1.54, 1.807) is 0 Å². The summed E-state index contributed by atoms with van der Waals surface area (Å²) in [5.74, 6) is 7.67. The molecule has 0 aliphatic heterocycles. The van der Waals surface area contributed by atoms with Gasteiger partial charge in [-0.3, -0.25) is 0 Å². The predicted octanol–water partition coefficient (Wildman–Crippen LogP) is -1.73. The molecule has 0 saturated heterocycles. The van der Waals surface area contributed by atoms with Crippen LogP contribution in [0.2, 0.25) is 0 Å². The molecule has 1 radical (unpaired) electrons. The number of nitrogens with zero attached hydrogens (tertiary/aromatic N) is 2. The number of hydrogen-bond donors (Lipinski definition) is 2. The SMILES string of the molecule is N[N+](=O)[O-].N[N+](=O)[O-].[Cu]. The van der Waals surface area contributed by atoms with Gasteiger partial charge in [0.05, 0.1) is 0 Å². The first-order valence-electron chi connectivity index (χ1n) is 1.25. The van der Waals surface area contributed by atoms with E-state index < -0.39 is 10.1 Å². The van der Waals surface area contributed by atoms with Crippen molar-refractivity contribution < 1.29 is 27.1 Å². The summed E-state index contributed by atoms with van der Waals surface area (Å²) in [6.07, 6.45) is 0. The first kappa shape index (κ1) is 15.7. The van der Waals surface area contributed by atoms with Crippen molar-refractivity contribution in [3.05, 3.63) is 20.2 Å². The van der Waals surface area contributed by atoms with Crippen LogP contribution < -0.4 is 11.7 Å². The second-order valence-corrected chi connectivity index (χ2v) is 0.571.